The maximum Gasteiger partial charge on any atom is 0.326 e. The third kappa shape index (κ3) is 9.39. The van der Waals surface area contributed by atoms with Gasteiger partial charge in [0.1, 0.15) is 18.1 Å². The number of benzene rings is 1. The van der Waals surface area contributed by atoms with E-state index in [1.165, 1.54) is 0 Å². The molecule has 4 atom stereocenters. The largest absolute Gasteiger partial charge is 0.481 e. The lowest BCUT2D eigenvalue weighted by atomic mass is 10.0. The summed E-state index contributed by atoms with van der Waals surface area (Å²) in [5.74, 6) is -8.01. The van der Waals surface area contributed by atoms with E-state index in [1.807, 2.05) is 29.6 Å². The van der Waals surface area contributed by atoms with Gasteiger partial charge in [0.25, 0.3) is 0 Å². The van der Waals surface area contributed by atoms with Crippen LogP contribution < -0.4 is 33.2 Å². The Labute approximate surface area is 227 Å². The second-order valence-corrected chi connectivity index (χ2v) is 8.97. The van der Waals surface area contributed by atoms with E-state index in [4.69, 9.17) is 22.3 Å². The molecule has 1 heterocycles. The highest BCUT2D eigenvalue weighted by Gasteiger charge is 2.32. The average Bonchev–Trinajstić information content (AvgIpc) is 3.27. The minimum Gasteiger partial charge on any atom is -0.481 e. The van der Waals surface area contributed by atoms with E-state index in [9.17, 15) is 38.7 Å². The lowest BCUT2D eigenvalue weighted by Gasteiger charge is -2.24. The van der Waals surface area contributed by atoms with Gasteiger partial charge in [0.15, 0.2) is 0 Å². The van der Waals surface area contributed by atoms with Crippen molar-refractivity contribution in [3.8, 4) is 0 Å². The summed E-state index contributed by atoms with van der Waals surface area (Å²) in [7, 11) is 0. The molecule has 5 amide bonds. The van der Waals surface area contributed by atoms with Gasteiger partial charge in [0.2, 0.25) is 29.5 Å². The van der Waals surface area contributed by atoms with E-state index in [-0.39, 0.29) is 6.42 Å². The Hall–Kier alpha value is -4.99. The molecule has 2 rings (SSSR count). The van der Waals surface area contributed by atoms with E-state index >= 15 is 0 Å². The molecular weight excluding hydrogens is 530 g/mol. The molecule has 0 aliphatic heterocycles. The minimum atomic E-state index is -1.85. The number of amides is 5. The zero-order valence-electron chi connectivity index (χ0n) is 21.2. The van der Waals surface area contributed by atoms with E-state index in [1.54, 1.807) is 6.20 Å². The topological polar surface area (TPSA) is 290 Å². The summed E-state index contributed by atoms with van der Waals surface area (Å²) < 4.78 is 0. The molecule has 12 N–H and O–H groups in total. The monoisotopic (exact) mass is 561 g/mol. The predicted molar refractivity (Wildman–Crippen MR) is 138 cm³/mol. The normalized spacial score (nSPS) is 13.8. The van der Waals surface area contributed by atoms with E-state index < -0.39 is 91.3 Å². The van der Waals surface area contributed by atoms with Crippen LogP contribution in [0.3, 0.4) is 0 Å². The quantitative estimate of drug-likeness (QED) is 0.101. The van der Waals surface area contributed by atoms with Crippen molar-refractivity contribution in [3.05, 3.63) is 36.0 Å². The third-order valence-electron chi connectivity index (χ3n) is 5.80. The van der Waals surface area contributed by atoms with E-state index in [0.29, 0.717) is 0 Å². The fourth-order valence-electron chi connectivity index (χ4n) is 3.79. The lowest BCUT2D eigenvalue weighted by molar-refractivity contribution is -0.147. The Bertz CT molecular complexity index is 1290. The first-order valence-electron chi connectivity index (χ1n) is 12.0. The van der Waals surface area contributed by atoms with Crippen LogP contribution >= 0.6 is 0 Å². The van der Waals surface area contributed by atoms with Crippen LogP contribution in [0.15, 0.2) is 30.5 Å². The highest BCUT2D eigenvalue weighted by molar-refractivity contribution is 5.97. The van der Waals surface area contributed by atoms with Crippen molar-refractivity contribution in [2.75, 3.05) is 0 Å². The van der Waals surface area contributed by atoms with Gasteiger partial charge in [-0.2, -0.15) is 0 Å². The Balaban J connectivity index is 2.16. The molecule has 0 bridgehead atoms. The van der Waals surface area contributed by atoms with Crippen molar-refractivity contribution in [1.29, 1.82) is 0 Å². The van der Waals surface area contributed by atoms with Crippen molar-refractivity contribution in [2.45, 2.75) is 56.3 Å². The molecule has 0 radical (unpaired) electrons. The summed E-state index contributed by atoms with van der Waals surface area (Å²) in [6, 6.07) is 1.14. The van der Waals surface area contributed by atoms with Gasteiger partial charge in [0.05, 0.1) is 18.9 Å². The van der Waals surface area contributed by atoms with Gasteiger partial charge in [-0.15, -0.1) is 0 Å². The molecule has 16 heteroatoms. The zero-order valence-corrected chi connectivity index (χ0v) is 21.2. The highest BCUT2D eigenvalue weighted by atomic mass is 16.4. The number of para-hydroxylation sites is 1. The number of carboxylic acid groups (broad SMARTS) is 2. The SMILES string of the molecule is NC(=O)CCC(NC(=O)C(CC(N)=O)NC(=O)C(N)Cc1c[nH]c2ccccc12)C(=O)NC(CC(=O)O)C(=O)O. The Kier molecular flexibility index (Phi) is 11.1. The fourth-order valence-corrected chi connectivity index (χ4v) is 3.79. The Morgan fingerprint density at radius 2 is 1.40 bits per heavy atom. The Morgan fingerprint density at radius 3 is 2.00 bits per heavy atom. The van der Waals surface area contributed by atoms with Gasteiger partial charge in [-0.1, -0.05) is 18.2 Å². The fraction of sp³-hybridized carbons (Fsp3) is 0.375. The first kappa shape index (κ1) is 31.2. The third-order valence-corrected chi connectivity index (χ3v) is 5.80. The van der Waals surface area contributed by atoms with Gasteiger partial charge in [0, 0.05) is 23.5 Å². The number of primary amides is 2. The number of nitrogens with two attached hydrogens (primary N) is 3. The van der Waals surface area contributed by atoms with Crippen LogP contribution in [0.1, 0.15) is 31.2 Å². The molecular formula is C24H31N7O9. The van der Waals surface area contributed by atoms with Crippen molar-refractivity contribution >= 4 is 52.4 Å². The van der Waals surface area contributed by atoms with Crippen LogP contribution in [0.25, 0.3) is 10.9 Å². The van der Waals surface area contributed by atoms with Crippen LogP contribution in [-0.2, 0) is 40.0 Å². The molecule has 16 nitrogen and oxygen atoms in total. The molecule has 40 heavy (non-hydrogen) atoms. The molecule has 0 aliphatic carbocycles. The van der Waals surface area contributed by atoms with Crippen molar-refractivity contribution in [2.24, 2.45) is 17.2 Å². The number of carbonyl (C=O) groups is 7. The van der Waals surface area contributed by atoms with Crippen LogP contribution in [-0.4, -0.2) is 80.8 Å². The van der Waals surface area contributed by atoms with Gasteiger partial charge in [-0.3, -0.25) is 28.8 Å². The summed E-state index contributed by atoms with van der Waals surface area (Å²) in [5, 5.41) is 25.4. The second kappa shape index (κ2) is 14.2. The summed E-state index contributed by atoms with van der Waals surface area (Å²) >= 11 is 0. The number of hydrogen-bond acceptors (Lipinski definition) is 8. The van der Waals surface area contributed by atoms with Gasteiger partial charge in [-0.25, -0.2) is 4.79 Å². The summed E-state index contributed by atoms with van der Waals surface area (Å²) in [6.45, 7) is 0. The summed E-state index contributed by atoms with van der Waals surface area (Å²) in [5.41, 5.74) is 17.9. The number of aliphatic carboxylic acids is 2. The van der Waals surface area contributed by atoms with Crippen molar-refractivity contribution in [1.82, 2.24) is 20.9 Å². The number of aromatic nitrogens is 1. The van der Waals surface area contributed by atoms with Crippen LogP contribution in [0, 0.1) is 0 Å². The lowest BCUT2D eigenvalue weighted by Crippen LogP contribution is -2.58. The first-order chi connectivity index (χ1) is 18.8. The van der Waals surface area contributed by atoms with Gasteiger partial charge >= 0.3 is 11.9 Å². The number of carbonyl (C=O) groups excluding carboxylic acids is 5. The number of carboxylic acids is 2. The molecule has 216 valence electrons. The van der Waals surface area contributed by atoms with Crippen LogP contribution in [0.4, 0.5) is 0 Å². The molecule has 1 aromatic carbocycles. The summed E-state index contributed by atoms with van der Waals surface area (Å²) in [4.78, 5) is 86.7. The number of fused-ring (bicyclic) bond motifs is 1. The molecule has 0 saturated heterocycles. The molecule has 4 unspecified atom stereocenters. The molecule has 1 aromatic heterocycles. The number of rotatable bonds is 16. The van der Waals surface area contributed by atoms with E-state index in [2.05, 4.69) is 15.6 Å². The highest BCUT2D eigenvalue weighted by Crippen LogP contribution is 2.18. The minimum absolute atomic E-state index is 0.0740. The predicted octanol–water partition coefficient (Wildman–Crippen LogP) is -2.81. The molecule has 0 aliphatic rings. The van der Waals surface area contributed by atoms with Crippen LogP contribution in [0.5, 0.6) is 0 Å². The van der Waals surface area contributed by atoms with E-state index in [0.717, 1.165) is 16.5 Å². The summed E-state index contributed by atoms with van der Waals surface area (Å²) in [6.07, 6.45) is -0.710. The maximum atomic E-state index is 13.0. The van der Waals surface area contributed by atoms with Crippen LogP contribution in [0.2, 0.25) is 0 Å². The molecule has 0 spiro atoms. The smallest absolute Gasteiger partial charge is 0.326 e. The number of nitrogens with one attached hydrogen (secondary N) is 4. The van der Waals surface area contributed by atoms with Gasteiger partial charge in [-0.05, 0) is 24.5 Å². The maximum absolute atomic E-state index is 13.0. The van der Waals surface area contributed by atoms with Crippen molar-refractivity contribution in [3.63, 3.8) is 0 Å². The molecule has 0 fully saturated rings. The molecule has 2 aromatic rings. The number of H-pyrrole nitrogens is 1. The Morgan fingerprint density at radius 1 is 0.800 bits per heavy atom. The number of aromatic amines is 1. The number of hydrogen-bond donors (Lipinski definition) is 9. The van der Waals surface area contributed by atoms with Crippen molar-refractivity contribution < 1.29 is 43.8 Å². The zero-order chi connectivity index (χ0) is 30.0. The second-order valence-electron chi connectivity index (χ2n) is 8.97. The first-order valence-corrected chi connectivity index (χ1v) is 12.0. The molecule has 0 saturated carbocycles. The van der Waals surface area contributed by atoms with Gasteiger partial charge < -0.3 is 48.3 Å². The average molecular weight is 562 g/mol. The standard InChI is InChI=1S/C24H31N7O9/c25-13(7-11-10-28-14-4-2-1-3-12(11)14)21(36)30-16(8-19(27)33)23(38)29-15(5-6-18(26)32)22(37)31-17(24(39)40)9-20(34)35/h1-4,10,13,15-17,28H,5-9,25H2,(H2,26,32)(H2,27,33)(H,29,38)(H,30,36)(H,31,37)(H,34,35)(H,39,40).